The summed E-state index contributed by atoms with van der Waals surface area (Å²) in [7, 11) is 0. The fourth-order valence-corrected chi connectivity index (χ4v) is 1.68. The summed E-state index contributed by atoms with van der Waals surface area (Å²) in [5.74, 6) is 0. The first-order valence-electron chi connectivity index (χ1n) is 4.11. The van der Waals surface area contributed by atoms with Crippen LogP contribution < -0.4 is 0 Å². The molecule has 0 spiro atoms. The molecular weight excluding hydrogens is 221 g/mol. The lowest BCUT2D eigenvalue weighted by Gasteiger charge is -2.06. The number of epoxide rings is 1. The Morgan fingerprint density at radius 1 is 1.43 bits per heavy atom. The van der Waals surface area contributed by atoms with Crippen LogP contribution in [0.25, 0.3) is 0 Å². The van der Waals surface area contributed by atoms with Crippen molar-refractivity contribution in [1.29, 1.82) is 5.26 Å². The Labute approximate surface area is 92.0 Å². The molecule has 0 radical (unpaired) electrons. The fraction of sp³-hybridized carbons (Fsp3) is 0.300. The van der Waals surface area contributed by atoms with Crippen molar-refractivity contribution in [2.45, 2.75) is 18.6 Å². The molecule has 1 aliphatic rings. The number of nitrogens with zero attached hydrogens (tertiary/aromatic N) is 1. The zero-order chi connectivity index (χ0) is 10.3. The summed E-state index contributed by atoms with van der Waals surface area (Å²) in [6.45, 7) is 1.86. The van der Waals surface area contributed by atoms with Crippen molar-refractivity contribution in [2.24, 2.45) is 0 Å². The molecule has 1 aromatic carbocycles. The van der Waals surface area contributed by atoms with Crippen LogP contribution in [0.1, 0.15) is 12.5 Å². The van der Waals surface area contributed by atoms with Crippen LogP contribution in [-0.2, 0) is 10.3 Å². The molecule has 1 heterocycles. The van der Waals surface area contributed by atoms with Gasteiger partial charge in [0.05, 0.1) is 16.1 Å². The molecule has 0 N–H and O–H groups in total. The lowest BCUT2D eigenvalue weighted by molar-refractivity contribution is 0.321. The second-order valence-corrected chi connectivity index (χ2v) is 4.18. The third kappa shape index (κ3) is 1.38. The summed E-state index contributed by atoms with van der Waals surface area (Å²) in [6, 6.07) is 7.33. The Morgan fingerprint density at radius 3 is 2.64 bits per heavy atom. The summed E-state index contributed by atoms with van der Waals surface area (Å²) in [5, 5.41) is 9.68. The van der Waals surface area contributed by atoms with E-state index in [1.165, 1.54) is 0 Å². The number of nitriles is 1. The Bertz CT molecular complexity index is 427. The molecule has 2 rings (SSSR count). The number of ether oxygens (including phenoxy) is 1. The van der Waals surface area contributed by atoms with E-state index in [2.05, 4.69) is 6.07 Å². The highest BCUT2D eigenvalue weighted by Gasteiger charge is 2.54. The van der Waals surface area contributed by atoms with Crippen LogP contribution in [0.15, 0.2) is 18.2 Å². The van der Waals surface area contributed by atoms with Gasteiger partial charge >= 0.3 is 0 Å². The van der Waals surface area contributed by atoms with Gasteiger partial charge in [-0.05, 0) is 24.6 Å². The topological polar surface area (TPSA) is 36.3 Å². The van der Waals surface area contributed by atoms with Gasteiger partial charge in [-0.25, -0.2) is 0 Å². The molecule has 0 aliphatic carbocycles. The maximum Gasteiger partial charge on any atom is 0.178 e. The molecule has 1 fully saturated rings. The molecule has 72 valence electrons. The highest BCUT2D eigenvalue weighted by atomic mass is 35.5. The minimum absolute atomic E-state index is 0.375. The predicted molar refractivity (Wildman–Crippen MR) is 54.3 cm³/mol. The van der Waals surface area contributed by atoms with Gasteiger partial charge in [0.25, 0.3) is 0 Å². The predicted octanol–water partition coefficient (Wildman–Crippen LogP) is 3.13. The smallest absolute Gasteiger partial charge is 0.178 e. The first-order valence-corrected chi connectivity index (χ1v) is 4.86. The van der Waals surface area contributed by atoms with Crippen LogP contribution in [0.3, 0.4) is 0 Å². The Balaban J connectivity index is 2.36. The molecular formula is C10H7Cl2NO. The maximum absolute atomic E-state index is 8.69. The van der Waals surface area contributed by atoms with E-state index in [1.807, 2.05) is 13.0 Å². The van der Waals surface area contributed by atoms with Crippen LogP contribution in [0.2, 0.25) is 10.0 Å². The number of rotatable bonds is 1. The number of hydrogen-bond acceptors (Lipinski definition) is 2. The van der Waals surface area contributed by atoms with Crippen molar-refractivity contribution in [3.8, 4) is 6.07 Å². The highest BCUT2D eigenvalue weighted by Crippen LogP contribution is 2.46. The first-order chi connectivity index (χ1) is 6.58. The number of halogens is 2. The average Bonchev–Trinajstić information content (AvgIpc) is 2.83. The van der Waals surface area contributed by atoms with E-state index in [0.29, 0.717) is 10.0 Å². The van der Waals surface area contributed by atoms with Crippen LogP contribution >= 0.6 is 23.2 Å². The van der Waals surface area contributed by atoms with Gasteiger partial charge in [0.2, 0.25) is 0 Å². The van der Waals surface area contributed by atoms with Crippen LogP contribution in [0, 0.1) is 11.3 Å². The van der Waals surface area contributed by atoms with Crippen molar-refractivity contribution in [3.05, 3.63) is 33.8 Å². The van der Waals surface area contributed by atoms with Gasteiger partial charge in [-0.15, -0.1) is 0 Å². The zero-order valence-electron chi connectivity index (χ0n) is 7.42. The van der Waals surface area contributed by atoms with Crippen LogP contribution in [-0.4, -0.2) is 6.10 Å². The maximum atomic E-state index is 8.69. The lowest BCUT2D eigenvalue weighted by Crippen LogP contribution is -2.06. The zero-order valence-corrected chi connectivity index (χ0v) is 8.93. The minimum atomic E-state index is -0.511. The summed E-state index contributed by atoms with van der Waals surface area (Å²) >= 11 is 11.7. The number of benzene rings is 1. The van der Waals surface area contributed by atoms with Gasteiger partial charge < -0.3 is 4.74 Å². The van der Waals surface area contributed by atoms with E-state index in [4.69, 9.17) is 33.2 Å². The summed E-state index contributed by atoms with van der Waals surface area (Å²) in [5.41, 5.74) is 0.377. The van der Waals surface area contributed by atoms with Crippen molar-refractivity contribution in [1.82, 2.24) is 0 Å². The molecule has 0 saturated carbocycles. The molecule has 2 nitrogen and oxygen atoms in total. The van der Waals surface area contributed by atoms with E-state index >= 15 is 0 Å². The molecule has 14 heavy (non-hydrogen) atoms. The Morgan fingerprint density at radius 2 is 2.14 bits per heavy atom. The summed E-state index contributed by atoms with van der Waals surface area (Å²) < 4.78 is 5.27. The monoisotopic (exact) mass is 227 g/mol. The molecule has 0 bridgehead atoms. The van der Waals surface area contributed by atoms with E-state index < -0.39 is 5.60 Å². The number of hydrogen-bond donors (Lipinski definition) is 0. The minimum Gasteiger partial charge on any atom is -0.345 e. The van der Waals surface area contributed by atoms with Gasteiger partial charge in [-0.1, -0.05) is 29.3 Å². The van der Waals surface area contributed by atoms with Crippen molar-refractivity contribution < 1.29 is 4.74 Å². The summed E-state index contributed by atoms with van der Waals surface area (Å²) in [4.78, 5) is 0. The van der Waals surface area contributed by atoms with Crippen LogP contribution in [0.5, 0.6) is 0 Å². The third-order valence-electron chi connectivity index (χ3n) is 2.42. The Kier molecular flexibility index (Phi) is 2.19. The van der Waals surface area contributed by atoms with Gasteiger partial charge in [-0.2, -0.15) is 5.26 Å². The molecule has 1 aromatic rings. The third-order valence-corrected chi connectivity index (χ3v) is 3.15. The SMILES string of the molecule is CC1(c2ccc(Cl)c(Cl)c2)OC1C#N. The molecule has 1 aliphatic heterocycles. The quantitative estimate of drug-likeness (QED) is 0.692. The molecule has 2 unspecified atom stereocenters. The van der Waals surface area contributed by atoms with E-state index in [9.17, 15) is 0 Å². The normalized spacial score (nSPS) is 29.7. The molecule has 4 heteroatoms. The van der Waals surface area contributed by atoms with Crippen LogP contribution in [0.4, 0.5) is 0 Å². The van der Waals surface area contributed by atoms with E-state index in [-0.39, 0.29) is 6.10 Å². The molecule has 0 amide bonds. The summed E-state index contributed by atoms with van der Waals surface area (Å²) in [6.07, 6.45) is -0.375. The second-order valence-electron chi connectivity index (χ2n) is 3.36. The molecule has 0 aromatic heterocycles. The fourth-order valence-electron chi connectivity index (χ4n) is 1.38. The first kappa shape index (κ1) is 9.79. The Hall–Kier alpha value is -0.750. The van der Waals surface area contributed by atoms with Gasteiger partial charge in [0.15, 0.2) is 6.10 Å². The standard InChI is InChI=1S/C10H7Cl2NO/c1-10(9(5-13)14-10)6-2-3-7(11)8(12)4-6/h2-4,9H,1H3. The molecule has 1 saturated heterocycles. The van der Waals surface area contributed by atoms with Crippen molar-refractivity contribution in [2.75, 3.05) is 0 Å². The second kappa shape index (κ2) is 3.13. The highest BCUT2D eigenvalue weighted by molar-refractivity contribution is 6.42. The largest absolute Gasteiger partial charge is 0.345 e. The lowest BCUT2D eigenvalue weighted by atomic mass is 9.98. The van der Waals surface area contributed by atoms with Gasteiger partial charge in [0, 0.05) is 0 Å². The van der Waals surface area contributed by atoms with E-state index in [1.54, 1.807) is 12.1 Å². The average molecular weight is 228 g/mol. The van der Waals surface area contributed by atoms with Crippen molar-refractivity contribution >= 4 is 23.2 Å². The van der Waals surface area contributed by atoms with Gasteiger partial charge in [0.1, 0.15) is 5.60 Å². The van der Waals surface area contributed by atoms with E-state index in [0.717, 1.165) is 5.56 Å². The van der Waals surface area contributed by atoms with Gasteiger partial charge in [-0.3, -0.25) is 0 Å². The molecule has 2 atom stereocenters. The van der Waals surface area contributed by atoms with Crippen molar-refractivity contribution in [3.63, 3.8) is 0 Å².